The first kappa shape index (κ1) is 15.2. The third kappa shape index (κ3) is 5.65. The molecule has 0 aromatic carbocycles. The zero-order valence-electron chi connectivity index (χ0n) is 11.7. The number of cyclic esters (lactones) is 1. The van der Waals surface area contributed by atoms with E-state index in [4.69, 9.17) is 4.74 Å². The van der Waals surface area contributed by atoms with Gasteiger partial charge >= 0.3 is 5.97 Å². The molecule has 2 unspecified atom stereocenters. The van der Waals surface area contributed by atoms with Crippen LogP contribution in [0.2, 0.25) is 0 Å². The molecule has 1 fully saturated rings. The number of hydrogen-bond acceptors (Lipinski definition) is 3. The second kappa shape index (κ2) is 8.28. The largest absolute Gasteiger partial charge is 0.462 e. The van der Waals surface area contributed by atoms with Crippen molar-refractivity contribution >= 4 is 11.8 Å². The summed E-state index contributed by atoms with van der Waals surface area (Å²) < 4.78 is 5.32. The molecule has 104 valence electrons. The van der Waals surface area contributed by atoms with E-state index < -0.39 is 5.92 Å². The molecule has 0 radical (unpaired) electrons. The average molecular weight is 254 g/mol. The molecule has 0 aromatic heterocycles. The van der Waals surface area contributed by atoms with Crippen LogP contribution in [0, 0.1) is 5.92 Å². The van der Waals surface area contributed by atoms with Crippen molar-refractivity contribution in [3.8, 4) is 0 Å². The van der Waals surface area contributed by atoms with Crippen LogP contribution in [0.25, 0.3) is 0 Å². The molecule has 0 aromatic rings. The minimum Gasteiger partial charge on any atom is -0.462 e. The molecule has 18 heavy (non-hydrogen) atoms. The van der Waals surface area contributed by atoms with Crippen molar-refractivity contribution in [1.82, 2.24) is 0 Å². The Morgan fingerprint density at radius 2 is 1.44 bits per heavy atom. The first-order chi connectivity index (χ1) is 8.61. The average Bonchev–Trinajstić information content (AvgIpc) is 2.34. The molecular formula is C15H26O3. The highest BCUT2D eigenvalue weighted by Gasteiger charge is 2.23. The van der Waals surface area contributed by atoms with E-state index in [9.17, 15) is 9.59 Å². The fraction of sp³-hybridized carbons (Fsp3) is 0.867. The van der Waals surface area contributed by atoms with E-state index >= 15 is 0 Å². The van der Waals surface area contributed by atoms with Gasteiger partial charge in [-0.2, -0.15) is 0 Å². The SMILES string of the molecule is CC1CCCCCCCCCC(=O)C(C)C(=O)O1. The summed E-state index contributed by atoms with van der Waals surface area (Å²) in [7, 11) is 0. The number of carbonyl (C=O) groups excluding carboxylic acids is 2. The summed E-state index contributed by atoms with van der Waals surface area (Å²) in [5, 5.41) is 0. The molecule has 3 nitrogen and oxygen atoms in total. The van der Waals surface area contributed by atoms with E-state index in [0.29, 0.717) is 6.42 Å². The summed E-state index contributed by atoms with van der Waals surface area (Å²) in [6, 6.07) is 0. The molecule has 1 heterocycles. The van der Waals surface area contributed by atoms with E-state index in [0.717, 1.165) is 25.7 Å². The van der Waals surface area contributed by atoms with Crippen LogP contribution in [0.3, 0.4) is 0 Å². The second-order valence-electron chi connectivity index (χ2n) is 5.45. The smallest absolute Gasteiger partial charge is 0.316 e. The predicted octanol–water partition coefficient (Wildman–Crippen LogP) is 3.65. The zero-order chi connectivity index (χ0) is 13.4. The van der Waals surface area contributed by atoms with Gasteiger partial charge in [-0.25, -0.2) is 0 Å². The Kier molecular flexibility index (Phi) is 6.99. The lowest BCUT2D eigenvalue weighted by Crippen LogP contribution is -2.26. The van der Waals surface area contributed by atoms with Crippen LogP contribution in [0.1, 0.15) is 71.6 Å². The lowest BCUT2D eigenvalue weighted by Gasteiger charge is -2.17. The quantitative estimate of drug-likeness (QED) is 0.489. The van der Waals surface area contributed by atoms with E-state index in [-0.39, 0.29) is 17.9 Å². The number of rotatable bonds is 0. The van der Waals surface area contributed by atoms with E-state index in [1.54, 1.807) is 6.92 Å². The maximum atomic E-state index is 11.8. The minimum atomic E-state index is -0.588. The molecule has 0 N–H and O–H groups in total. The first-order valence-electron chi connectivity index (χ1n) is 7.34. The fourth-order valence-corrected chi connectivity index (χ4v) is 2.32. The Morgan fingerprint density at radius 3 is 2.11 bits per heavy atom. The predicted molar refractivity (Wildman–Crippen MR) is 71.3 cm³/mol. The van der Waals surface area contributed by atoms with Gasteiger partial charge in [0.2, 0.25) is 0 Å². The maximum Gasteiger partial charge on any atom is 0.316 e. The highest BCUT2D eigenvalue weighted by Crippen LogP contribution is 2.16. The number of carbonyl (C=O) groups is 2. The van der Waals surface area contributed by atoms with Gasteiger partial charge in [-0.15, -0.1) is 0 Å². The van der Waals surface area contributed by atoms with Crippen LogP contribution in [-0.4, -0.2) is 17.9 Å². The van der Waals surface area contributed by atoms with Gasteiger partial charge in [0.05, 0.1) is 6.10 Å². The molecule has 1 aliphatic heterocycles. The van der Waals surface area contributed by atoms with Crippen molar-refractivity contribution in [3.05, 3.63) is 0 Å². The molecule has 0 spiro atoms. The molecule has 0 amide bonds. The van der Waals surface area contributed by atoms with Crippen molar-refractivity contribution in [2.24, 2.45) is 5.92 Å². The van der Waals surface area contributed by atoms with Gasteiger partial charge in [0, 0.05) is 6.42 Å². The first-order valence-corrected chi connectivity index (χ1v) is 7.34. The summed E-state index contributed by atoms with van der Waals surface area (Å²) in [6.07, 6.45) is 9.43. The molecule has 3 heteroatoms. The number of Topliss-reactive ketones (excluding diaryl/α,β-unsaturated/α-hetero) is 1. The van der Waals surface area contributed by atoms with Crippen LogP contribution in [0.4, 0.5) is 0 Å². The Hall–Kier alpha value is -0.860. The third-order valence-corrected chi connectivity index (χ3v) is 3.69. The number of esters is 1. The van der Waals surface area contributed by atoms with Crippen molar-refractivity contribution in [3.63, 3.8) is 0 Å². The molecule has 1 saturated heterocycles. The monoisotopic (exact) mass is 254 g/mol. The second-order valence-corrected chi connectivity index (χ2v) is 5.45. The maximum absolute atomic E-state index is 11.8. The van der Waals surface area contributed by atoms with Crippen LogP contribution in [-0.2, 0) is 14.3 Å². The normalized spacial score (nSPS) is 29.4. The standard InChI is InChI=1S/C15H26O3/c1-12-10-8-6-4-3-5-7-9-11-14(16)13(2)15(17)18-12/h12-13H,3-11H2,1-2H3. The van der Waals surface area contributed by atoms with Crippen LogP contribution < -0.4 is 0 Å². The van der Waals surface area contributed by atoms with Gasteiger partial charge in [-0.05, 0) is 33.1 Å². The molecular weight excluding hydrogens is 228 g/mol. The summed E-state index contributed by atoms with van der Waals surface area (Å²) in [6.45, 7) is 3.59. The highest BCUT2D eigenvalue weighted by molar-refractivity contribution is 5.98. The van der Waals surface area contributed by atoms with Crippen molar-refractivity contribution < 1.29 is 14.3 Å². The summed E-state index contributed by atoms with van der Waals surface area (Å²) >= 11 is 0. The topological polar surface area (TPSA) is 43.4 Å². The summed E-state index contributed by atoms with van der Waals surface area (Å²) in [4.78, 5) is 23.6. The van der Waals surface area contributed by atoms with Gasteiger partial charge < -0.3 is 4.74 Å². The third-order valence-electron chi connectivity index (χ3n) is 3.69. The summed E-state index contributed by atoms with van der Waals surface area (Å²) in [5.41, 5.74) is 0. The van der Waals surface area contributed by atoms with E-state index in [1.165, 1.54) is 25.7 Å². The van der Waals surface area contributed by atoms with Crippen molar-refractivity contribution in [1.29, 1.82) is 0 Å². The Morgan fingerprint density at radius 1 is 0.889 bits per heavy atom. The Labute approximate surface area is 110 Å². The van der Waals surface area contributed by atoms with Gasteiger partial charge in [0.25, 0.3) is 0 Å². The van der Waals surface area contributed by atoms with Gasteiger partial charge in [-0.1, -0.05) is 32.1 Å². The molecule has 0 saturated carbocycles. The molecule has 0 aliphatic carbocycles. The zero-order valence-corrected chi connectivity index (χ0v) is 11.7. The Balaban J connectivity index is 2.49. The summed E-state index contributed by atoms with van der Waals surface area (Å²) in [5.74, 6) is -0.899. The van der Waals surface area contributed by atoms with E-state index in [1.807, 2.05) is 6.92 Å². The van der Waals surface area contributed by atoms with Gasteiger partial charge in [0.1, 0.15) is 11.7 Å². The van der Waals surface area contributed by atoms with Crippen molar-refractivity contribution in [2.75, 3.05) is 0 Å². The number of ether oxygens (including phenoxy) is 1. The van der Waals surface area contributed by atoms with Crippen molar-refractivity contribution in [2.45, 2.75) is 77.7 Å². The van der Waals surface area contributed by atoms with Crippen LogP contribution in [0.5, 0.6) is 0 Å². The highest BCUT2D eigenvalue weighted by atomic mass is 16.5. The number of ketones is 1. The molecule has 1 rings (SSSR count). The van der Waals surface area contributed by atoms with E-state index in [2.05, 4.69) is 0 Å². The molecule has 0 bridgehead atoms. The minimum absolute atomic E-state index is 0.0317. The fourth-order valence-electron chi connectivity index (χ4n) is 2.32. The number of hydrogen-bond donors (Lipinski definition) is 0. The molecule has 1 aliphatic rings. The lowest BCUT2D eigenvalue weighted by molar-refractivity contribution is -0.155. The Bertz CT molecular complexity index is 273. The molecule has 2 atom stereocenters. The van der Waals surface area contributed by atoms with Crippen LogP contribution in [0.15, 0.2) is 0 Å². The van der Waals surface area contributed by atoms with Gasteiger partial charge in [0.15, 0.2) is 0 Å². The van der Waals surface area contributed by atoms with Gasteiger partial charge in [-0.3, -0.25) is 9.59 Å². The lowest BCUT2D eigenvalue weighted by atomic mass is 9.99. The van der Waals surface area contributed by atoms with Crippen LogP contribution >= 0.6 is 0 Å².